The molecule has 8 heteroatoms. The van der Waals surface area contributed by atoms with E-state index in [9.17, 15) is 13.2 Å². The van der Waals surface area contributed by atoms with Crippen LogP contribution in [0.4, 0.5) is 0 Å². The minimum atomic E-state index is -3.13. The molecule has 0 rings (SSSR count). The van der Waals surface area contributed by atoms with Gasteiger partial charge in [0.25, 0.3) is 0 Å². The van der Waals surface area contributed by atoms with Gasteiger partial charge in [0.1, 0.15) is 0 Å². The lowest BCUT2D eigenvalue weighted by atomic mass is 10.4. The number of nitrogens with one attached hydrogen (secondary N) is 3. The molecule has 0 aromatic rings. The van der Waals surface area contributed by atoms with E-state index in [2.05, 4.69) is 15.4 Å². The van der Waals surface area contributed by atoms with Crippen LogP contribution in [-0.2, 0) is 14.8 Å². The van der Waals surface area contributed by atoms with E-state index in [1.807, 2.05) is 6.07 Å². The van der Waals surface area contributed by atoms with Crippen LogP contribution in [0.25, 0.3) is 0 Å². The molecule has 0 spiro atoms. The minimum absolute atomic E-state index is 0.170. The Morgan fingerprint density at radius 3 is 2.59 bits per heavy atom. The van der Waals surface area contributed by atoms with Gasteiger partial charge in [0.15, 0.2) is 0 Å². The van der Waals surface area contributed by atoms with Crippen LogP contribution in [0.5, 0.6) is 0 Å². The highest BCUT2D eigenvalue weighted by Crippen LogP contribution is 1.78. The van der Waals surface area contributed by atoms with Crippen LogP contribution in [0.2, 0.25) is 0 Å². The Morgan fingerprint density at radius 1 is 1.29 bits per heavy atom. The Bertz CT molecular complexity index is 361. The van der Waals surface area contributed by atoms with Crippen LogP contribution < -0.4 is 15.4 Å². The Hall–Kier alpha value is -1.17. The number of rotatable bonds is 9. The SMILES string of the molecule is CS(=O)(=O)NCCCNCC(=O)NCCC#N. The summed E-state index contributed by atoms with van der Waals surface area (Å²) >= 11 is 0. The molecule has 0 radical (unpaired) electrons. The smallest absolute Gasteiger partial charge is 0.233 e. The minimum Gasteiger partial charge on any atom is -0.354 e. The van der Waals surface area contributed by atoms with Crippen LogP contribution in [0.1, 0.15) is 12.8 Å². The largest absolute Gasteiger partial charge is 0.354 e. The van der Waals surface area contributed by atoms with Gasteiger partial charge in [0.05, 0.1) is 25.3 Å². The molecular weight excluding hydrogens is 244 g/mol. The van der Waals surface area contributed by atoms with Crippen molar-refractivity contribution in [2.24, 2.45) is 0 Å². The number of carbonyl (C=O) groups excluding carboxylic acids is 1. The first-order valence-electron chi connectivity index (χ1n) is 5.24. The number of hydrogen-bond donors (Lipinski definition) is 3. The van der Waals surface area contributed by atoms with Gasteiger partial charge in [-0.2, -0.15) is 5.26 Å². The van der Waals surface area contributed by atoms with Gasteiger partial charge in [0, 0.05) is 13.1 Å². The summed E-state index contributed by atoms with van der Waals surface area (Å²) in [4.78, 5) is 11.1. The lowest BCUT2D eigenvalue weighted by Crippen LogP contribution is -2.35. The maximum atomic E-state index is 11.1. The van der Waals surface area contributed by atoms with Gasteiger partial charge in [0.2, 0.25) is 15.9 Å². The molecule has 0 aliphatic heterocycles. The number of amides is 1. The average Bonchev–Trinajstić information content (AvgIpc) is 2.22. The predicted molar refractivity (Wildman–Crippen MR) is 63.6 cm³/mol. The van der Waals surface area contributed by atoms with Gasteiger partial charge < -0.3 is 10.6 Å². The molecule has 98 valence electrons. The molecule has 0 saturated carbocycles. The molecule has 7 nitrogen and oxygen atoms in total. The third-order valence-electron chi connectivity index (χ3n) is 1.74. The van der Waals surface area contributed by atoms with E-state index in [-0.39, 0.29) is 12.5 Å². The number of carbonyl (C=O) groups is 1. The van der Waals surface area contributed by atoms with Crippen molar-refractivity contribution in [3.8, 4) is 6.07 Å². The maximum absolute atomic E-state index is 11.1. The fraction of sp³-hybridized carbons (Fsp3) is 0.778. The molecular formula is C9H18N4O3S. The first-order valence-corrected chi connectivity index (χ1v) is 7.14. The van der Waals surface area contributed by atoms with Crippen LogP contribution in [0.3, 0.4) is 0 Å². The molecule has 0 saturated heterocycles. The molecule has 0 bridgehead atoms. The molecule has 0 aliphatic carbocycles. The van der Waals surface area contributed by atoms with Crippen molar-refractivity contribution in [3.63, 3.8) is 0 Å². The highest BCUT2D eigenvalue weighted by Gasteiger charge is 2.00. The van der Waals surface area contributed by atoms with E-state index >= 15 is 0 Å². The molecule has 0 fully saturated rings. The van der Waals surface area contributed by atoms with Crippen molar-refractivity contribution < 1.29 is 13.2 Å². The fourth-order valence-corrected chi connectivity index (χ4v) is 1.51. The van der Waals surface area contributed by atoms with Crippen molar-refractivity contribution in [2.75, 3.05) is 32.4 Å². The van der Waals surface area contributed by atoms with Gasteiger partial charge in [-0.05, 0) is 13.0 Å². The molecule has 0 heterocycles. The number of nitriles is 1. The summed E-state index contributed by atoms with van der Waals surface area (Å²) < 4.78 is 23.7. The topological polar surface area (TPSA) is 111 Å². The number of hydrogen-bond acceptors (Lipinski definition) is 5. The van der Waals surface area contributed by atoms with Gasteiger partial charge >= 0.3 is 0 Å². The lowest BCUT2D eigenvalue weighted by Gasteiger charge is -2.05. The van der Waals surface area contributed by atoms with Crippen LogP contribution in [0.15, 0.2) is 0 Å². The van der Waals surface area contributed by atoms with E-state index in [1.165, 1.54) is 0 Å². The monoisotopic (exact) mass is 262 g/mol. The van der Waals surface area contributed by atoms with Gasteiger partial charge in [-0.3, -0.25) is 4.79 Å². The van der Waals surface area contributed by atoms with Crippen molar-refractivity contribution in [1.29, 1.82) is 5.26 Å². The summed E-state index contributed by atoms with van der Waals surface area (Å²) in [6.45, 7) is 1.42. The van der Waals surface area contributed by atoms with Crippen molar-refractivity contribution in [2.45, 2.75) is 12.8 Å². The molecule has 3 N–H and O–H groups in total. The molecule has 0 atom stereocenters. The Morgan fingerprint density at radius 2 is 2.00 bits per heavy atom. The summed E-state index contributed by atoms with van der Waals surface area (Å²) in [5.41, 5.74) is 0. The third-order valence-corrected chi connectivity index (χ3v) is 2.47. The summed E-state index contributed by atoms with van der Waals surface area (Å²) in [7, 11) is -3.13. The molecule has 17 heavy (non-hydrogen) atoms. The summed E-state index contributed by atoms with van der Waals surface area (Å²) in [5.74, 6) is -0.170. The van der Waals surface area contributed by atoms with Gasteiger partial charge in [-0.1, -0.05) is 0 Å². The van der Waals surface area contributed by atoms with Crippen molar-refractivity contribution in [1.82, 2.24) is 15.4 Å². The quantitative estimate of drug-likeness (QED) is 0.440. The lowest BCUT2D eigenvalue weighted by molar-refractivity contribution is -0.120. The predicted octanol–water partition coefficient (Wildman–Crippen LogP) is -1.45. The molecule has 0 aromatic heterocycles. The molecule has 0 aliphatic rings. The summed E-state index contributed by atoms with van der Waals surface area (Å²) in [6, 6.07) is 1.92. The van der Waals surface area contributed by atoms with Gasteiger partial charge in [-0.15, -0.1) is 0 Å². The second kappa shape index (κ2) is 8.92. The third kappa shape index (κ3) is 12.8. The van der Waals surface area contributed by atoms with Crippen LogP contribution in [-0.4, -0.2) is 46.8 Å². The number of sulfonamides is 1. The van der Waals surface area contributed by atoms with E-state index < -0.39 is 10.0 Å². The van der Waals surface area contributed by atoms with E-state index in [0.717, 1.165) is 6.26 Å². The van der Waals surface area contributed by atoms with E-state index in [0.29, 0.717) is 32.5 Å². The Balaban J connectivity index is 3.34. The Kier molecular flexibility index (Phi) is 8.31. The average molecular weight is 262 g/mol. The summed E-state index contributed by atoms with van der Waals surface area (Å²) in [5, 5.41) is 13.7. The van der Waals surface area contributed by atoms with Crippen LogP contribution in [0, 0.1) is 11.3 Å². The maximum Gasteiger partial charge on any atom is 0.233 e. The number of nitrogens with zero attached hydrogens (tertiary/aromatic N) is 1. The summed E-state index contributed by atoms with van der Waals surface area (Å²) in [6.07, 6.45) is 2.01. The van der Waals surface area contributed by atoms with E-state index in [1.54, 1.807) is 0 Å². The molecule has 0 aromatic carbocycles. The second-order valence-electron chi connectivity index (χ2n) is 3.45. The van der Waals surface area contributed by atoms with Crippen LogP contribution >= 0.6 is 0 Å². The standard InChI is InChI=1S/C9H18N4O3S/c1-17(15,16)13-7-3-5-11-8-9(14)12-6-2-4-10/h11,13H,2-3,5-8H2,1H3,(H,12,14). The molecule has 1 amide bonds. The molecule has 0 unspecified atom stereocenters. The first-order chi connectivity index (χ1) is 7.95. The van der Waals surface area contributed by atoms with E-state index in [4.69, 9.17) is 5.26 Å². The Labute approximate surface area is 102 Å². The fourth-order valence-electron chi connectivity index (χ4n) is 0.993. The highest BCUT2D eigenvalue weighted by molar-refractivity contribution is 7.88. The normalized spacial score (nSPS) is 10.8. The highest BCUT2D eigenvalue weighted by atomic mass is 32.2. The zero-order chi connectivity index (χ0) is 13.1. The second-order valence-corrected chi connectivity index (χ2v) is 5.29. The zero-order valence-corrected chi connectivity index (χ0v) is 10.6. The van der Waals surface area contributed by atoms with Gasteiger partial charge in [-0.25, -0.2) is 13.1 Å². The first kappa shape index (κ1) is 15.8. The van der Waals surface area contributed by atoms with Crippen molar-refractivity contribution in [3.05, 3.63) is 0 Å². The zero-order valence-electron chi connectivity index (χ0n) is 9.82. The van der Waals surface area contributed by atoms with Crippen molar-refractivity contribution >= 4 is 15.9 Å².